The maximum absolute atomic E-state index is 12.8. The second-order valence-corrected chi connectivity index (χ2v) is 8.13. The number of carbonyl (C=O) groups excluding carboxylic acids is 1. The molecule has 152 valence electrons. The third-order valence-corrected chi connectivity index (χ3v) is 6.29. The van der Waals surface area contributed by atoms with Crippen molar-refractivity contribution >= 4 is 17.2 Å². The molecule has 1 saturated heterocycles. The molecule has 3 rings (SSSR count). The van der Waals surface area contributed by atoms with Gasteiger partial charge in [0.15, 0.2) is 0 Å². The molecule has 0 radical (unpaired) electrons. The number of carbonyl (C=O) groups is 1. The molecule has 1 aromatic carbocycles. The number of amides is 1. The molecule has 1 amide bonds. The van der Waals surface area contributed by atoms with E-state index in [1.165, 1.54) is 4.88 Å². The fourth-order valence-electron chi connectivity index (χ4n) is 3.80. The van der Waals surface area contributed by atoms with Gasteiger partial charge in [-0.3, -0.25) is 9.69 Å². The Morgan fingerprint density at radius 1 is 1.14 bits per heavy atom. The van der Waals surface area contributed by atoms with Gasteiger partial charge in [0.05, 0.1) is 12.6 Å². The van der Waals surface area contributed by atoms with Gasteiger partial charge in [0.1, 0.15) is 5.75 Å². The highest BCUT2D eigenvalue weighted by Crippen LogP contribution is 2.29. The topological polar surface area (TPSA) is 44.8 Å². The molecule has 0 unspecified atom stereocenters. The zero-order valence-corrected chi connectivity index (χ0v) is 17.9. The van der Waals surface area contributed by atoms with E-state index in [0.29, 0.717) is 12.2 Å². The lowest BCUT2D eigenvalue weighted by Crippen LogP contribution is -2.52. The Bertz CT molecular complexity index is 725. The predicted molar refractivity (Wildman–Crippen MR) is 115 cm³/mol. The van der Waals surface area contributed by atoms with Crippen LogP contribution in [0.1, 0.15) is 42.0 Å². The lowest BCUT2D eigenvalue weighted by molar-refractivity contribution is 0.0753. The second-order valence-electron chi connectivity index (χ2n) is 7.15. The van der Waals surface area contributed by atoms with Gasteiger partial charge >= 0.3 is 0 Å². The molecule has 6 heteroatoms. The number of nitrogens with zero attached hydrogens (tertiary/aromatic N) is 2. The van der Waals surface area contributed by atoms with Gasteiger partial charge in [0, 0.05) is 42.7 Å². The molecule has 0 spiro atoms. The number of likely N-dealkylation sites (N-methyl/N-ethyl adjacent to an activating group) is 1. The fraction of sp³-hybridized carbons (Fsp3) is 0.500. The van der Waals surface area contributed by atoms with Gasteiger partial charge in [-0.15, -0.1) is 11.3 Å². The van der Waals surface area contributed by atoms with Gasteiger partial charge in [-0.2, -0.15) is 0 Å². The third kappa shape index (κ3) is 5.13. The monoisotopic (exact) mass is 401 g/mol. The number of benzene rings is 1. The molecular weight excluding hydrogens is 370 g/mol. The normalized spacial score (nSPS) is 17.8. The Kier molecular flexibility index (Phi) is 7.48. The molecule has 1 fully saturated rings. The summed E-state index contributed by atoms with van der Waals surface area (Å²) in [6.07, 6.45) is 0. The van der Waals surface area contributed by atoms with Crippen LogP contribution in [0.25, 0.3) is 0 Å². The van der Waals surface area contributed by atoms with E-state index in [0.717, 1.165) is 38.5 Å². The van der Waals surface area contributed by atoms with Crippen molar-refractivity contribution in [2.75, 3.05) is 39.3 Å². The average molecular weight is 402 g/mol. The zero-order valence-electron chi connectivity index (χ0n) is 17.1. The number of thiophene rings is 1. The van der Waals surface area contributed by atoms with E-state index < -0.39 is 0 Å². The van der Waals surface area contributed by atoms with Crippen LogP contribution in [-0.2, 0) is 0 Å². The van der Waals surface area contributed by atoms with Gasteiger partial charge in [-0.1, -0.05) is 13.0 Å². The first kappa shape index (κ1) is 20.8. The van der Waals surface area contributed by atoms with Crippen LogP contribution in [0.3, 0.4) is 0 Å². The lowest BCUT2D eigenvalue weighted by Gasteiger charge is -2.41. The van der Waals surface area contributed by atoms with Crippen LogP contribution in [0.15, 0.2) is 41.8 Å². The van der Waals surface area contributed by atoms with Crippen LogP contribution in [-0.4, -0.2) is 61.1 Å². The van der Waals surface area contributed by atoms with E-state index >= 15 is 0 Å². The number of piperazine rings is 1. The summed E-state index contributed by atoms with van der Waals surface area (Å²) in [6.45, 7) is 12.2. The summed E-state index contributed by atoms with van der Waals surface area (Å²) >= 11 is 1.77. The highest BCUT2D eigenvalue weighted by Gasteiger charge is 2.30. The van der Waals surface area contributed by atoms with Crippen LogP contribution in [0, 0.1) is 0 Å². The van der Waals surface area contributed by atoms with Crippen molar-refractivity contribution in [3.63, 3.8) is 0 Å². The Balaban J connectivity index is 1.69. The van der Waals surface area contributed by atoms with Gasteiger partial charge in [-0.25, -0.2) is 0 Å². The van der Waals surface area contributed by atoms with Crippen molar-refractivity contribution in [1.82, 2.24) is 15.1 Å². The van der Waals surface area contributed by atoms with Crippen molar-refractivity contribution in [1.29, 1.82) is 0 Å². The number of rotatable bonds is 8. The first-order valence-electron chi connectivity index (χ1n) is 10.2. The van der Waals surface area contributed by atoms with E-state index in [1.54, 1.807) is 11.3 Å². The van der Waals surface area contributed by atoms with E-state index in [9.17, 15) is 4.79 Å². The van der Waals surface area contributed by atoms with Crippen LogP contribution in [0.5, 0.6) is 5.75 Å². The van der Waals surface area contributed by atoms with Crippen molar-refractivity contribution in [3.8, 4) is 5.75 Å². The molecule has 1 N–H and O–H groups in total. The summed E-state index contributed by atoms with van der Waals surface area (Å²) in [5.41, 5.74) is 0.663. The minimum atomic E-state index is -0.0377. The quantitative estimate of drug-likeness (QED) is 0.733. The summed E-state index contributed by atoms with van der Waals surface area (Å²) < 4.78 is 5.47. The van der Waals surface area contributed by atoms with Crippen LogP contribution in [0.4, 0.5) is 0 Å². The van der Waals surface area contributed by atoms with Crippen molar-refractivity contribution < 1.29 is 9.53 Å². The molecule has 0 saturated carbocycles. The smallest absolute Gasteiger partial charge is 0.251 e. The van der Waals surface area contributed by atoms with Crippen LogP contribution >= 0.6 is 11.3 Å². The van der Waals surface area contributed by atoms with Crippen LogP contribution < -0.4 is 10.1 Å². The maximum atomic E-state index is 12.8. The van der Waals surface area contributed by atoms with E-state index in [2.05, 4.69) is 46.5 Å². The average Bonchev–Trinajstić information content (AvgIpc) is 3.23. The Hall–Kier alpha value is -1.89. The molecule has 1 aromatic heterocycles. The Morgan fingerprint density at radius 3 is 2.43 bits per heavy atom. The van der Waals surface area contributed by atoms with Gasteiger partial charge in [0.2, 0.25) is 0 Å². The van der Waals surface area contributed by atoms with E-state index in [4.69, 9.17) is 4.74 Å². The molecule has 0 bridgehead atoms. The standard InChI is InChI=1S/C22H31N3O2S/c1-4-24-12-14-25(15-13-24)21(20-7-6-16-28-20)17(3)23-22(26)18-8-10-19(11-9-18)27-5-2/h6-11,16-17,21H,4-5,12-15H2,1-3H3,(H,23,26)/t17-,21+/m1/s1. The summed E-state index contributed by atoms with van der Waals surface area (Å²) in [5, 5.41) is 5.35. The largest absolute Gasteiger partial charge is 0.494 e. The Labute approximate surface area is 172 Å². The summed E-state index contributed by atoms with van der Waals surface area (Å²) in [4.78, 5) is 19.1. The number of hydrogen-bond acceptors (Lipinski definition) is 5. The summed E-state index contributed by atoms with van der Waals surface area (Å²) in [5.74, 6) is 0.752. The number of ether oxygens (including phenoxy) is 1. The fourth-order valence-corrected chi connectivity index (χ4v) is 4.76. The molecule has 2 atom stereocenters. The molecule has 0 aliphatic carbocycles. The predicted octanol–water partition coefficient (Wildman–Crippen LogP) is 3.64. The summed E-state index contributed by atoms with van der Waals surface area (Å²) in [7, 11) is 0. The van der Waals surface area contributed by atoms with Gasteiger partial charge in [0.25, 0.3) is 5.91 Å². The number of hydrogen-bond donors (Lipinski definition) is 1. The first-order chi connectivity index (χ1) is 13.6. The molecule has 2 heterocycles. The maximum Gasteiger partial charge on any atom is 0.251 e. The molecule has 28 heavy (non-hydrogen) atoms. The zero-order chi connectivity index (χ0) is 19.9. The SMILES string of the molecule is CCOc1ccc(C(=O)N[C@H](C)[C@@H](c2cccs2)N2CCN(CC)CC2)cc1. The molecular formula is C22H31N3O2S. The lowest BCUT2D eigenvalue weighted by atomic mass is 10.0. The minimum absolute atomic E-state index is 0.0193. The summed E-state index contributed by atoms with van der Waals surface area (Å²) in [6, 6.07) is 11.8. The van der Waals surface area contributed by atoms with E-state index in [1.807, 2.05) is 31.2 Å². The second kappa shape index (κ2) is 10.0. The van der Waals surface area contributed by atoms with Gasteiger partial charge < -0.3 is 15.0 Å². The minimum Gasteiger partial charge on any atom is -0.494 e. The molecule has 1 aliphatic heterocycles. The Morgan fingerprint density at radius 2 is 1.86 bits per heavy atom. The highest BCUT2D eigenvalue weighted by atomic mass is 32.1. The van der Waals surface area contributed by atoms with Crippen molar-refractivity contribution in [2.24, 2.45) is 0 Å². The van der Waals surface area contributed by atoms with Gasteiger partial charge in [-0.05, 0) is 56.1 Å². The molecule has 2 aromatic rings. The van der Waals surface area contributed by atoms with Crippen molar-refractivity contribution in [3.05, 3.63) is 52.2 Å². The third-order valence-electron chi connectivity index (χ3n) is 5.34. The highest BCUT2D eigenvalue weighted by molar-refractivity contribution is 7.10. The first-order valence-corrected chi connectivity index (χ1v) is 11.0. The molecule has 1 aliphatic rings. The van der Waals surface area contributed by atoms with Crippen LogP contribution in [0.2, 0.25) is 0 Å². The van der Waals surface area contributed by atoms with E-state index in [-0.39, 0.29) is 18.0 Å². The van der Waals surface area contributed by atoms with Crippen molar-refractivity contribution in [2.45, 2.75) is 32.9 Å². The molecule has 5 nitrogen and oxygen atoms in total. The number of nitrogens with one attached hydrogen (secondary N) is 1.